The van der Waals surface area contributed by atoms with E-state index in [-0.39, 0.29) is 6.54 Å². The predicted molar refractivity (Wildman–Crippen MR) is 86.2 cm³/mol. The molecule has 3 aromatic rings. The second-order valence-corrected chi connectivity index (χ2v) is 5.30. The zero-order chi connectivity index (χ0) is 16.5. The Kier molecular flexibility index (Phi) is 3.33. The molecule has 1 aliphatic carbocycles. The van der Waals surface area contributed by atoms with Gasteiger partial charge in [-0.05, 0) is 18.2 Å². The molecule has 7 heteroatoms. The maximum atomic E-state index is 12.2. The average molecular weight is 320 g/mol. The molecule has 24 heavy (non-hydrogen) atoms. The molecular formula is C17H12N4O3. The molecule has 0 radical (unpaired) electrons. The average Bonchev–Trinajstić information content (AvgIpc) is 3.02. The van der Waals surface area contributed by atoms with Crippen LogP contribution in [0.3, 0.4) is 0 Å². The minimum absolute atomic E-state index is 0.153. The molecule has 0 N–H and O–H groups in total. The van der Waals surface area contributed by atoms with Crippen molar-refractivity contribution in [2.24, 2.45) is 0 Å². The van der Waals surface area contributed by atoms with Gasteiger partial charge >= 0.3 is 11.1 Å². The first-order valence-electron chi connectivity index (χ1n) is 7.36. The molecule has 3 heterocycles. The molecule has 118 valence electrons. The molecule has 0 spiro atoms. The van der Waals surface area contributed by atoms with Crippen molar-refractivity contribution in [2.75, 3.05) is 0 Å². The van der Waals surface area contributed by atoms with Gasteiger partial charge in [0.05, 0.1) is 12.2 Å². The van der Waals surface area contributed by atoms with Gasteiger partial charge in [0.15, 0.2) is 5.76 Å². The van der Waals surface area contributed by atoms with Crippen molar-refractivity contribution in [2.45, 2.75) is 13.0 Å². The van der Waals surface area contributed by atoms with Crippen LogP contribution in [0.5, 0.6) is 0 Å². The minimum Gasteiger partial charge on any atom is -0.354 e. The molecule has 0 aromatic carbocycles. The lowest BCUT2D eigenvalue weighted by atomic mass is 10.2. The number of hydrogen-bond acceptors (Lipinski definition) is 5. The van der Waals surface area contributed by atoms with Crippen LogP contribution in [0, 0.1) is 0 Å². The zero-order valence-electron chi connectivity index (χ0n) is 12.5. The van der Waals surface area contributed by atoms with Crippen LogP contribution in [-0.2, 0) is 6.54 Å². The highest BCUT2D eigenvalue weighted by Gasteiger charge is 2.13. The lowest BCUT2D eigenvalue weighted by Crippen LogP contribution is -2.40. The first-order chi connectivity index (χ1) is 11.7. The Morgan fingerprint density at radius 2 is 2.08 bits per heavy atom. The van der Waals surface area contributed by atoms with Gasteiger partial charge in [0, 0.05) is 31.1 Å². The van der Waals surface area contributed by atoms with Gasteiger partial charge in [-0.25, -0.2) is 0 Å². The summed E-state index contributed by atoms with van der Waals surface area (Å²) in [6, 6.07) is 7.16. The molecule has 0 unspecified atom stereocenters. The fourth-order valence-corrected chi connectivity index (χ4v) is 2.40. The van der Waals surface area contributed by atoms with Crippen molar-refractivity contribution in [3.8, 4) is 11.5 Å². The Balaban J connectivity index is 1.64. The summed E-state index contributed by atoms with van der Waals surface area (Å²) in [6.07, 6.45) is 7.23. The van der Waals surface area contributed by atoms with E-state index >= 15 is 0 Å². The van der Waals surface area contributed by atoms with Crippen LogP contribution < -0.4 is 11.1 Å². The molecule has 0 aliphatic heterocycles. The largest absolute Gasteiger partial charge is 0.354 e. The summed E-state index contributed by atoms with van der Waals surface area (Å²) in [5.74, 6) is 0.511. The van der Waals surface area contributed by atoms with Crippen LogP contribution >= 0.6 is 0 Å². The molecule has 0 atom stereocenters. The summed E-state index contributed by atoms with van der Waals surface area (Å²) in [4.78, 5) is 28.5. The summed E-state index contributed by atoms with van der Waals surface area (Å²) >= 11 is 0. The van der Waals surface area contributed by atoms with Gasteiger partial charge in [-0.2, -0.15) is 0 Å². The lowest BCUT2D eigenvalue weighted by molar-refractivity contribution is 0.419. The Hall–Kier alpha value is -3.44. The van der Waals surface area contributed by atoms with E-state index in [1.54, 1.807) is 30.7 Å². The first kappa shape index (κ1) is 14.2. The quantitative estimate of drug-likeness (QED) is 0.537. The lowest BCUT2D eigenvalue weighted by Gasteiger charge is -2.11. The third-order valence-corrected chi connectivity index (χ3v) is 3.72. The fraction of sp³-hybridized carbons (Fsp3) is 0.118. The third kappa shape index (κ3) is 2.43. The molecule has 0 fully saturated rings. The van der Waals surface area contributed by atoms with E-state index in [2.05, 4.69) is 15.9 Å². The van der Waals surface area contributed by atoms with Gasteiger partial charge in [-0.1, -0.05) is 11.2 Å². The van der Waals surface area contributed by atoms with E-state index in [0.717, 1.165) is 0 Å². The highest BCUT2D eigenvalue weighted by atomic mass is 16.5. The van der Waals surface area contributed by atoms with Gasteiger partial charge in [-0.3, -0.25) is 19.1 Å². The second kappa shape index (κ2) is 5.64. The highest BCUT2D eigenvalue weighted by Crippen LogP contribution is 2.17. The van der Waals surface area contributed by atoms with Crippen molar-refractivity contribution in [1.82, 2.24) is 19.3 Å². The minimum atomic E-state index is -0.610. The molecule has 0 saturated heterocycles. The molecule has 3 aromatic heterocycles. The zero-order valence-corrected chi connectivity index (χ0v) is 12.5. The highest BCUT2D eigenvalue weighted by molar-refractivity contribution is 5.52. The monoisotopic (exact) mass is 320 g/mol. The predicted octanol–water partition coefficient (Wildman–Crippen LogP) is 1.51. The fourth-order valence-electron chi connectivity index (χ4n) is 2.40. The summed E-state index contributed by atoms with van der Waals surface area (Å²) < 4.78 is 7.88. The van der Waals surface area contributed by atoms with Gasteiger partial charge in [0.25, 0.3) is 0 Å². The summed E-state index contributed by atoms with van der Waals surface area (Å²) in [6.45, 7) is 0.153. The van der Waals surface area contributed by atoms with Crippen molar-refractivity contribution >= 4 is 5.70 Å². The topological polar surface area (TPSA) is 82.9 Å². The second-order valence-electron chi connectivity index (χ2n) is 5.30. The molecule has 1 aliphatic rings. The summed E-state index contributed by atoms with van der Waals surface area (Å²) in [5, 5.41) is 3.94. The van der Waals surface area contributed by atoms with Gasteiger partial charge in [-0.15, -0.1) is 5.73 Å². The molecular weight excluding hydrogens is 308 g/mol. The van der Waals surface area contributed by atoms with Crippen molar-refractivity contribution in [3.05, 3.63) is 81.1 Å². The molecule has 4 rings (SSSR count). The molecule has 0 amide bonds. The van der Waals surface area contributed by atoms with Crippen LogP contribution in [0.25, 0.3) is 17.2 Å². The van der Waals surface area contributed by atoms with E-state index < -0.39 is 11.1 Å². The van der Waals surface area contributed by atoms with Crippen LogP contribution in [0.4, 0.5) is 0 Å². The number of rotatable bonds is 4. The van der Waals surface area contributed by atoms with E-state index in [1.807, 2.05) is 18.2 Å². The van der Waals surface area contributed by atoms with Gasteiger partial charge < -0.3 is 9.09 Å². The van der Waals surface area contributed by atoms with Crippen molar-refractivity contribution < 1.29 is 4.52 Å². The molecule has 7 nitrogen and oxygen atoms in total. The Bertz CT molecular complexity index is 1080. The SMILES string of the molecule is O=c1c(=O)n(C2=C=CC2)ccn1Cc1cc(-c2ccccn2)on1. The smallest absolute Gasteiger partial charge is 0.321 e. The number of allylic oxidation sites excluding steroid dienone is 1. The third-order valence-electron chi connectivity index (χ3n) is 3.72. The number of pyridine rings is 1. The van der Waals surface area contributed by atoms with E-state index in [9.17, 15) is 9.59 Å². The number of hydrogen-bond donors (Lipinski definition) is 0. The number of nitrogens with zero attached hydrogens (tertiary/aromatic N) is 4. The van der Waals surface area contributed by atoms with Gasteiger partial charge in [0.1, 0.15) is 11.4 Å². The van der Waals surface area contributed by atoms with Crippen LogP contribution in [0.2, 0.25) is 0 Å². The number of aromatic nitrogens is 4. The maximum absolute atomic E-state index is 12.2. The Labute approximate surface area is 135 Å². The molecule has 0 saturated carbocycles. The van der Waals surface area contributed by atoms with Crippen LogP contribution in [0.15, 0.2) is 68.8 Å². The van der Waals surface area contributed by atoms with E-state index in [0.29, 0.717) is 29.3 Å². The Morgan fingerprint density at radius 3 is 2.79 bits per heavy atom. The van der Waals surface area contributed by atoms with E-state index in [4.69, 9.17) is 4.52 Å². The summed E-state index contributed by atoms with van der Waals surface area (Å²) in [5.41, 5.74) is 3.58. The van der Waals surface area contributed by atoms with Crippen molar-refractivity contribution in [3.63, 3.8) is 0 Å². The Morgan fingerprint density at radius 1 is 1.21 bits per heavy atom. The van der Waals surface area contributed by atoms with E-state index in [1.165, 1.54) is 9.13 Å². The molecule has 0 bridgehead atoms. The summed E-state index contributed by atoms with van der Waals surface area (Å²) in [7, 11) is 0. The van der Waals surface area contributed by atoms with Gasteiger partial charge in [0.2, 0.25) is 0 Å². The normalized spacial score (nSPS) is 12.8. The van der Waals surface area contributed by atoms with Crippen LogP contribution in [-0.4, -0.2) is 19.3 Å². The standard InChI is InChI=1S/C17H12N4O3/c22-16-17(23)21(13-4-3-5-13)9-8-20(16)11-12-10-15(24-19-12)14-6-1-2-7-18-14/h1-3,6-10H,4,11H2. The van der Waals surface area contributed by atoms with Crippen LogP contribution in [0.1, 0.15) is 12.1 Å². The maximum Gasteiger partial charge on any atom is 0.321 e. The first-order valence-corrected chi connectivity index (χ1v) is 7.36. The van der Waals surface area contributed by atoms with Crippen molar-refractivity contribution in [1.29, 1.82) is 0 Å².